The second-order valence-corrected chi connectivity index (χ2v) is 6.35. The van der Waals surface area contributed by atoms with E-state index in [1.165, 1.54) is 0 Å². The van der Waals surface area contributed by atoms with Gasteiger partial charge in [0.15, 0.2) is 11.5 Å². The van der Waals surface area contributed by atoms with Crippen molar-refractivity contribution >= 4 is 5.78 Å². The van der Waals surface area contributed by atoms with Crippen molar-refractivity contribution in [3.8, 4) is 11.5 Å². The van der Waals surface area contributed by atoms with Gasteiger partial charge in [0.05, 0.1) is 31.8 Å². The summed E-state index contributed by atoms with van der Waals surface area (Å²) in [6.07, 6.45) is 7.27. The molecule has 0 unspecified atom stereocenters. The van der Waals surface area contributed by atoms with Crippen molar-refractivity contribution in [3.63, 3.8) is 0 Å². The van der Waals surface area contributed by atoms with Gasteiger partial charge in [-0.25, -0.2) is 0 Å². The Morgan fingerprint density at radius 3 is 2.79 bits per heavy atom. The smallest absolute Gasteiger partial charge is 0.166 e. The molecule has 0 spiro atoms. The third-order valence-electron chi connectivity index (χ3n) is 5.35. The Hall–Kier alpha value is -2.27. The van der Waals surface area contributed by atoms with Crippen LogP contribution in [-0.2, 0) is 26.1 Å². The Bertz CT molecular complexity index is 750. The number of hydrogen-bond donors (Lipinski definition) is 0. The number of hydrogen-bond acceptors (Lipinski definition) is 5. The van der Waals surface area contributed by atoms with Crippen LogP contribution in [0.3, 0.4) is 0 Å². The summed E-state index contributed by atoms with van der Waals surface area (Å²) in [5.41, 5.74) is 1.39. The van der Waals surface area contributed by atoms with Crippen LogP contribution in [-0.4, -0.2) is 39.3 Å². The lowest BCUT2D eigenvalue weighted by atomic mass is 9.58. The number of Topliss-reactive ketones (excluding diaryl/α,β-unsaturated/α-hetero) is 1. The molecule has 1 aromatic rings. The molecule has 0 fully saturated rings. The summed E-state index contributed by atoms with van der Waals surface area (Å²) in [6, 6.07) is 3.82. The van der Waals surface area contributed by atoms with E-state index in [-0.39, 0.29) is 23.9 Å². The van der Waals surface area contributed by atoms with Crippen molar-refractivity contribution < 1.29 is 23.7 Å². The lowest BCUT2D eigenvalue weighted by Gasteiger charge is -2.44. The molecule has 4 atom stereocenters. The molecule has 2 aliphatic carbocycles. The van der Waals surface area contributed by atoms with Crippen LogP contribution in [0.4, 0.5) is 0 Å². The number of rotatable bonds is 4. The normalized spacial score (nSPS) is 32.6. The molecule has 0 bridgehead atoms. The van der Waals surface area contributed by atoms with Gasteiger partial charge in [0, 0.05) is 19.1 Å². The fourth-order valence-corrected chi connectivity index (χ4v) is 4.36. The van der Waals surface area contributed by atoms with Crippen LogP contribution in [0, 0.1) is 5.92 Å². The molecule has 1 aliphatic heterocycles. The fourth-order valence-electron chi connectivity index (χ4n) is 4.36. The van der Waals surface area contributed by atoms with E-state index in [1.54, 1.807) is 27.6 Å². The van der Waals surface area contributed by atoms with E-state index >= 15 is 0 Å². The maximum Gasteiger partial charge on any atom is 0.166 e. The van der Waals surface area contributed by atoms with Crippen molar-refractivity contribution in [2.75, 3.05) is 21.3 Å². The zero-order valence-electron chi connectivity index (χ0n) is 13.9. The zero-order valence-corrected chi connectivity index (χ0v) is 13.9. The van der Waals surface area contributed by atoms with Gasteiger partial charge in [0.2, 0.25) is 0 Å². The van der Waals surface area contributed by atoms with Crippen molar-refractivity contribution in [2.24, 2.45) is 5.92 Å². The van der Waals surface area contributed by atoms with Gasteiger partial charge in [-0.15, -0.1) is 0 Å². The van der Waals surface area contributed by atoms with Crippen LogP contribution in [0.2, 0.25) is 0 Å². The SMILES string of the molecule is COC=C[C@]12c3c4ccc(OC)c3O[C@H]1[C@@H](OC)C=C[C@H]2C(=O)C4. The number of carbonyl (C=O) groups is 1. The fraction of sp³-hybridized carbons (Fsp3) is 0.421. The molecule has 1 aromatic carbocycles. The Labute approximate surface area is 140 Å². The third-order valence-corrected chi connectivity index (χ3v) is 5.35. The summed E-state index contributed by atoms with van der Waals surface area (Å²) in [4.78, 5) is 12.8. The highest BCUT2D eigenvalue weighted by Crippen LogP contribution is 2.59. The van der Waals surface area contributed by atoms with Gasteiger partial charge in [-0.05, 0) is 17.7 Å². The highest BCUT2D eigenvalue weighted by Gasteiger charge is 2.61. The minimum Gasteiger partial charge on any atom is -0.505 e. The predicted octanol–water partition coefficient (Wildman–Crippen LogP) is 2.18. The summed E-state index contributed by atoms with van der Waals surface area (Å²) in [6.45, 7) is 0. The first-order valence-electron chi connectivity index (χ1n) is 7.98. The van der Waals surface area contributed by atoms with E-state index in [1.807, 2.05) is 30.4 Å². The molecule has 126 valence electrons. The molecule has 4 rings (SSSR count). The van der Waals surface area contributed by atoms with Crippen molar-refractivity contribution in [2.45, 2.75) is 24.0 Å². The van der Waals surface area contributed by atoms with E-state index in [0.29, 0.717) is 17.9 Å². The van der Waals surface area contributed by atoms with Gasteiger partial charge in [-0.3, -0.25) is 4.79 Å². The molecule has 0 radical (unpaired) electrons. The molecular weight excluding hydrogens is 308 g/mol. The molecule has 0 amide bonds. The zero-order chi connectivity index (χ0) is 16.9. The molecule has 1 heterocycles. The second kappa shape index (κ2) is 5.38. The van der Waals surface area contributed by atoms with Gasteiger partial charge in [-0.1, -0.05) is 18.2 Å². The van der Waals surface area contributed by atoms with Gasteiger partial charge in [0.1, 0.15) is 18.0 Å². The number of methoxy groups -OCH3 is 3. The summed E-state index contributed by atoms with van der Waals surface area (Å²) >= 11 is 0. The van der Waals surface area contributed by atoms with Crippen molar-refractivity contribution in [1.82, 2.24) is 0 Å². The summed E-state index contributed by atoms with van der Waals surface area (Å²) in [5.74, 6) is 1.28. The minimum absolute atomic E-state index is 0.181. The molecular formula is C19H20O5. The van der Waals surface area contributed by atoms with Crippen molar-refractivity contribution in [1.29, 1.82) is 0 Å². The Balaban J connectivity index is 2.03. The van der Waals surface area contributed by atoms with Crippen LogP contribution in [0.15, 0.2) is 36.6 Å². The van der Waals surface area contributed by atoms with Crippen LogP contribution in [0.1, 0.15) is 11.1 Å². The molecule has 0 saturated heterocycles. The quantitative estimate of drug-likeness (QED) is 0.626. The minimum atomic E-state index is -0.625. The van der Waals surface area contributed by atoms with E-state index in [9.17, 15) is 4.79 Å². The second-order valence-electron chi connectivity index (χ2n) is 6.35. The first-order valence-corrected chi connectivity index (χ1v) is 7.98. The summed E-state index contributed by atoms with van der Waals surface area (Å²) in [7, 11) is 4.87. The molecule has 0 N–H and O–H groups in total. The van der Waals surface area contributed by atoms with E-state index < -0.39 is 5.41 Å². The number of ether oxygens (including phenoxy) is 4. The van der Waals surface area contributed by atoms with Crippen LogP contribution < -0.4 is 9.47 Å². The number of carbonyl (C=O) groups excluding carboxylic acids is 1. The van der Waals surface area contributed by atoms with Crippen LogP contribution in [0.25, 0.3) is 0 Å². The maximum atomic E-state index is 12.8. The monoisotopic (exact) mass is 328 g/mol. The summed E-state index contributed by atoms with van der Waals surface area (Å²) < 4.78 is 22.6. The molecule has 3 aliphatic rings. The van der Waals surface area contributed by atoms with Gasteiger partial charge in [0.25, 0.3) is 0 Å². The number of allylic oxidation sites excluding steroid dienone is 1. The van der Waals surface area contributed by atoms with E-state index in [0.717, 1.165) is 11.1 Å². The Morgan fingerprint density at radius 2 is 2.08 bits per heavy atom. The average molecular weight is 328 g/mol. The van der Waals surface area contributed by atoms with Crippen LogP contribution >= 0.6 is 0 Å². The molecule has 0 aromatic heterocycles. The van der Waals surface area contributed by atoms with Gasteiger partial charge < -0.3 is 18.9 Å². The lowest BCUT2D eigenvalue weighted by molar-refractivity contribution is -0.125. The van der Waals surface area contributed by atoms with E-state index in [2.05, 4.69) is 0 Å². The Morgan fingerprint density at radius 1 is 1.25 bits per heavy atom. The standard InChI is InChI=1S/C19H20O5/c1-21-9-8-19-12-5-7-15(23-3)18(19)24-17-14(22-2)6-4-11(16(17)19)10-13(12)20/h4-9,12,15,18H,10H2,1-3H3/t12-,15-,18-,19-/m0/s1. The largest absolute Gasteiger partial charge is 0.505 e. The lowest BCUT2D eigenvalue weighted by Crippen LogP contribution is -2.55. The summed E-state index contributed by atoms with van der Waals surface area (Å²) in [5, 5.41) is 0. The van der Waals surface area contributed by atoms with E-state index in [4.69, 9.17) is 18.9 Å². The first-order chi connectivity index (χ1) is 11.7. The van der Waals surface area contributed by atoms with Crippen molar-refractivity contribution in [3.05, 3.63) is 47.7 Å². The third kappa shape index (κ3) is 1.76. The predicted molar refractivity (Wildman–Crippen MR) is 87.4 cm³/mol. The maximum absolute atomic E-state index is 12.8. The Kier molecular flexibility index (Phi) is 3.42. The van der Waals surface area contributed by atoms with Gasteiger partial charge in [-0.2, -0.15) is 0 Å². The average Bonchev–Trinajstić information content (AvgIpc) is 2.95. The first kappa shape index (κ1) is 15.3. The highest BCUT2D eigenvalue weighted by molar-refractivity contribution is 5.92. The van der Waals surface area contributed by atoms with Crippen LogP contribution in [0.5, 0.6) is 11.5 Å². The topological polar surface area (TPSA) is 54.0 Å². The number of benzene rings is 1. The molecule has 5 nitrogen and oxygen atoms in total. The molecule has 5 heteroatoms. The van der Waals surface area contributed by atoms with Gasteiger partial charge >= 0.3 is 0 Å². The molecule has 24 heavy (non-hydrogen) atoms. The number of ketones is 1. The highest BCUT2D eigenvalue weighted by atomic mass is 16.6. The molecule has 0 saturated carbocycles.